The van der Waals surface area contributed by atoms with Gasteiger partial charge in [-0.3, -0.25) is 0 Å². The standard InChI is InChI=1S/C18H21Cl2NO3/c1-12(22)9-21-10-14-7-17(23-2)18(8-16(14)20)24-11-13-5-3-4-6-15(13)19/h3-8,12,21-22H,9-11H2,1-2H3. The minimum Gasteiger partial charge on any atom is -0.493 e. The Labute approximate surface area is 152 Å². The van der Waals surface area contributed by atoms with Crippen molar-refractivity contribution in [1.29, 1.82) is 0 Å². The SMILES string of the molecule is COc1cc(CNCC(C)O)c(Cl)cc1OCc1ccccc1Cl. The third kappa shape index (κ3) is 5.28. The maximum atomic E-state index is 9.29. The average Bonchev–Trinajstić information content (AvgIpc) is 2.55. The van der Waals surface area contributed by atoms with Gasteiger partial charge in [0.05, 0.1) is 13.2 Å². The van der Waals surface area contributed by atoms with Gasteiger partial charge < -0.3 is 19.9 Å². The van der Waals surface area contributed by atoms with Gasteiger partial charge in [-0.25, -0.2) is 0 Å². The van der Waals surface area contributed by atoms with E-state index in [1.54, 1.807) is 20.1 Å². The summed E-state index contributed by atoms with van der Waals surface area (Å²) < 4.78 is 11.2. The van der Waals surface area contributed by atoms with Crippen LogP contribution in [-0.4, -0.2) is 24.9 Å². The van der Waals surface area contributed by atoms with E-state index in [4.69, 9.17) is 32.7 Å². The molecule has 0 radical (unpaired) electrons. The van der Waals surface area contributed by atoms with Gasteiger partial charge in [0, 0.05) is 34.8 Å². The van der Waals surface area contributed by atoms with Crippen molar-refractivity contribution >= 4 is 23.2 Å². The Morgan fingerprint density at radius 1 is 1.08 bits per heavy atom. The van der Waals surface area contributed by atoms with Gasteiger partial charge in [0.2, 0.25) is 0 Å². The van der Waals surface area contributed by atoms with Crippen LogP contribution in [0.3, 0.4) is 0 Å². The van der Waals surface area contributed by atoms with Crippen LogP contribution in [0.1, 0.15) is 18.1 Å². The molecule has 6 heteroatoms. The Bertz CT molecular complexity index is 677. The van der Waals surface area contributed by atoms with Crippen LogP contribution in [0.5, 0.6) is 11.5 Å². The molecule has 1 unspecified atom stereocenters. The molecule has 2 rings (SSSR count). The molecule has 2 aromatic rings. The number of aliphatic hydroxyl groups excluding tert-OH is 1. The molecule has 0 bridgehead atoms. The molecule has 0 aliphatic heterocycles. The highest BCUT2D eigenvalue weighted by molar-refractivity contribution is 6.31. The molecular formula is C18H21Cl2NO3. The molecule has 0 heterocycles. The summed E-state index contributed by atoms with van der Waals surface area (Å²) in [6, 6.07) is 11.1. The van der Waals surface area contributed by atoms with Crippen molar-refractivity contribution in [3.05, 3.63) is 57.6 Å². The lowest BCUT2D eigenvalue weighted by atomic mass is 10.2. The number of rotatable bonds is 8. The Morgan fingerprint density at radius 3 is 2.50 bits per heavy atom. The van der Waals surface area contributed by atoms with E-state index in [1.165, 1.54) is 0 Å². The maximum absolute atomic E-state index is 9.29. The Balaban J connectivity index is 2.10. The van der Waals surface area contributed by atoms with Crippen molar-refractivity contribution < 1.29 is 14.6 Å². The molecule has 0 aromatic heterocycles. The minimum atomic E-state index is -0.413. The number of benzene rings is 2. The van der Waals surface area contributed by atoms with E-state index in [9.17, 15) is 5.11 Å². The zero-order valence-corrected chi connectivity index (χ0v) is 15.2. The second-order valence-corrected chi connectivity index (χ2v) is 6.27. The lowest BCUT2D eigenvalue weighted by molar-refractivity contribution is 0.191. The van der Waals surface area contributed by atoms with Crippen molar-refractivity contribution in [3.63, 3.8) is 0 Å². The molecule has 130 valence electrons. The fraction of sp³-hybridized carbons (Fsp3) is 0.333. The summed E-state index contributed by atoms with van der Waals surface area (Å²) in [5.74, 6) is 1.15. The first kappa shape index (κ1) is 18.9. The van der Waals surface area contributed by atoms with E-state index in [-0.39, 0.29) is 0 Å². The van der Waals surface area contributed by atoms with Crippen LogP contribution < -0.4 is 14.8 Å². The molecule has 0 aliphatic carbocycles. The highest BCUT2D eigenvalue weighted by atomic mass is 35.5. The van der Waals surface area contributed by atoms with E-state index in [0.717, 1.165) is 11.1 Å². The van der Waals surface area contributed by atoms with Crippen molar-refractivity contribution in [2.24, 2.45) is 0 Å². The number of hydrogen-bond acceptors (Lipinski definition) is 4. The van der Waals surface area contributed by atoms with E-state index < -0.39 is 6.10 Å². The molecule has 0 spiro atoms. The molecule has 0 saturated carbocycles. The van der Waals surface area contributed by atoms with E-state index in [1.807, 2.05) is 30.3 Å². The van der Waals surface area contributed by atoms with Gasteiger partial charge in [-0.2, -0.15) is 0 Å². The van der Waals surface area contributed by atoms with Crippen LogP contribution >= 0.6 is 23.2 Å². The molecule has 1 atom stereocenters. The van der Waals surface area contributed by atoms with Crippen LogP contribution in [0.25, 0.3) is 0 Å². The third-order valence-electron chi connectivity index (χ3n) is 3.43. The molecule has 0 fully saturated rings. The second-order valence-electron chi connectivity index (χ2n) is 5.45. The van der Waals surface area contributed by atoms with Crippen LogP contribution in [-0.2, 0) is 13.2 Å². The highest BCUT2D eigenvalue weighted by Crippen LogP contribution is 2.34. The van der Waals surface area contributed by atoms with Crippen LogP contribution in [0.2, 0.25) is 10.0 Å². The normalized spacial score (nSPS) is 12.0. The van der Waals surface area contributed by atoms with Crippen molar-refractivity contribution in [3.8, 4) is 11.5 Å². The molecule has 2 N–H and O–H groups in total. The number of methoxy groups -OCH3 is 1. The molecule has 24 heavy (non-hydrogen) atoms. The lowest BCUT2D eigenvalue weighted by Crippen LogP contribution is -2.24. The first-order valence-electron chi connectivity index (χ1n) is 7.62. The second kappa shape index (κ2) is 9.14. The van der Waals surface area contributed by atoms with Gasteiger partial charge in [-0.1, -0.05) is 41.4 Å². The molecule has 0 saturated heterocycles. The maximum Gasteiger partial charge on any atom is 0.163 e. The number of nitrogens with one attached hydrogen (secondary N) is 1. The summed E-state index contributed by atoms with van der Waals surface area (Å²) in [4.78, 5) is 0. The van der Waals surface area contributed by atoms with Crippen molar-refractivity contribution in [2.45, 2.75) is 26.2 Å². The Morgan fingerprint density at radius 2 is 1.83 bits per heavy atom. The zero-order valence-electron chi connectivity index (χ0n) is 13.7. The van der Waals surface area contributed by atoms with Crippen LogP contribution in [0.15, 0.2) is 36.4 Å². The van der Waals surface area contributed by atoms with Crippen LogP contribution in [0, 0.1) is 0 Å². The minimum absolute atomic E-state index is 0.325. The summed E-state index contributed by atoms with van der Waals surface area (Å²) in [5, 5.41) is 13.7. The summed E-state index contributed by atoms with van der Waals surface area (Å²) in [6.07, 6.45) is -0.413. The van der Waals surface area contributed by atoms with E-state index in [2.05, 4.69) is 5.32 Å². The number of hydrogen-bond donors (Lipinski definition) is 2. The van der Waals surface area contributed by atoms with E-state index >= 15 is 0 Å². The third-order valence-corrected chi connectivity index (χ3v) is 4.15. The summed E-state index contributed by atoms with van der Waals surface area (Å²) >= 11 is 12.5. The summed E-state index contributed by atoms with van der Waals surface area (Å²) in [5.41, 5.74) is 1.76. The largest absolute Gasteiger partial charge is 0.493 e. The van der Waals surface area contributed by atoms with Crippen molar-refractivity contribution in [2.75, 3.05) is 13.7 Å². The zero-order chi connectivity index (χ0) is 17.5. The van der Waals surface area contributed by atoms with Gasteiger partial charge in [-0.05, 0) is 24.6 Å². The fourth-order valence-corrected chi connectivity index (χ4v) is 2.58. The molecule has 4 nitrogen and oxygen atoms in total. The van der Waals surface area contributed by atoms with Gasteiger partial charge in [0.15, 0.2) is 11.5 Å². The monoisotopic (exact) mass is 369 g/mol. The summed E-state index contributed by atoms with van der Waals surface area (Å²) in [7, 11) is 1.58. The quantitative estimate of drug-likeness (QED) is 0.736. The van der Waals surface area contributed by atoms with Gasteiger partial charge in [0.1, 0.15) is 6.61 Å². The predicted octanol–water partition coefficient (Wildman–Crippen LogP) is 4.05. The van der Waals surface area contributed by atoms with Gasteiger partial charge >= 0.3 is 0 Å². The van der Waals surface area contributed by atoms with Gasteiger partial charge in [-0.15, -0.1) is 0 Å². The first-order chi connectivity index (χ1) is 11.5. The Hall–Kier alpha value is -1.46. The molecular weight excluding hydrogens is 349 g/mol. The number of halogens is 2. The number of aliphatic hydroxyl groups is 1. The lowest BCUT2D eigenvalue weighted by Gasteiger charge is -2.15. The molecule has 0 amide bonds. The van der Waals surface area contributed by atoms with Crippen LogP contribution in [0.4, 0.5) is 0 Å². The highest BCUT2D eigenvalue weighted by Gasteiger charge is 2.12. The smallest absolute Gasteiger partial charge is 0.163 e. The molecule has 2 aromatic carbocycles. The van der Waals surface area contributed by atoms with Gasteiger partial charge in [0.25, 0.3) is 0 Å². The topological polar surface area (TPSA) is 50.7 Å². The predicted molar refractivity (Wildman–Crippen MR) is 97.2 cm³/mol. The summed E-state index contributed by atoms with van der Waals surface area (Å²) in [6.45, 7) is 3.07. The van der Waals surface area contributed by atoms with Crippen molar-refractivity contribution in [1.82, 2.24) is 5.32 Å². The first-order valence-corrected chi connectivity index (χ1v) is 8.38. The Kier molecular flexibility index (Phi) is 7.18. The number of ether oxygens (including phenoxy) is 2. The average molecular weight is 370 g/mol. The molecule has 0 aliphatic rings. The van der Waals surface area contributed by atoms with E-state index in [0.29, 0.717) is 41.2 Å². The fourth-order valence-electron chi connectivity index (χ4n) is 2.17.